The molecule has 0 bridgehead atoms. The molecule has 1 aromatic rings. The van der Waals surface area contributed by atoms with E-state index in [1.807, 2.05) is 0 Å². The summed E-state index contributed by atoms with van der Waals surface area (Å²) in [5.74, 6) is 7.35. The summed E-state index contributed by atoms with van der Waals surface area (Å²) in [5, 5.41) is 4.33. The predicted octanol–water partition coefficient (Wildman–Crippen LogP) is -0.172. The zero-order valence-electron chi connectivity index (χ0n) is 12.3. The molecular weight excluding hydrogens is 300 g/mol. The standard InChI is InChI=1S/C14H15N6O3/c15-20-9-10(14(21)19-3-6-22-7-4-19)16-8-12(20)17-13(18-20)11-2-1-5-23-11/h1-2,5,8-9H,3-4,6-7,15H2/q+1. The van der Waals surface area contributed by atoms with Crippen LogP contribution in [0.4, 0.5) is 0 Å². The van der Waals surface area contributed by atoms with Gasteiger partial charge in [0.25, 0.3) is 17.6 Å². The van der Waals surface area contributed by atoms with Gasteiger partial charge in [0.1, 0.15) is 6.21 Å². The number of hydrogen-bond acceptors (Lipinski definition) is 7. The van der Waals surface area contributed by atoms with Crippen LogP contribution < -0.4 is 5.84 Å². The Bertz CT molecular complexity index is 757. The molecular formula is C14H15N6O3+. The second-order valence-electron chi connectivity index (χ2n) is 5.29. The van der Waals surface area contributed by atoms with Crippen molar-refractivity contribution >= 4 is 23.8 Å². The molecule has 3 aliphatic rings. The number of fused-ring (bicyclic) bond motifs is 1. The molecule has 1 aromatic heterocycles. The van der Waals surface area contributed by atoms with Crippen molar-refractivity contribution in [2.45, 2.75) is 0 Å². The minimum atomic E-state index is -0.440. The average molecular weight is 315 g/mol. The van der Waals surface area contributed by atoms with E-state index in [0.29, 0.717) is 43.7 Å². The molecule has 2 N–H and O–H groups in total. The Morgan fingerprint density at radius 3 is 2.91 bits per heavy atom. The number of amidine groups is 2. The third-order valence-electron chi connectivity index (χ3n) is 3.74. The van der Waals surface area contributed by atoms with Crippen LogP contribution in [-0.2, 0) is 9.53 Å². The first-order valence-electron chi connectivity index (χ1n) is 7.20. The lowest BCUT2D eigenvalue weighted by atomic mass is 10.3. The van der Waals surface area contributed by atoms with Gasteiger partial charge in [0.15, 0.2) is 17.7 Å². The maximum absolute atomic E-state index is 12.5. The number of aliphatic imine (C=N–C) groups is 2. The fourth-order valence-corrected chi connectivity index (χ4v) is 2.53. The number of nitrogens with two attached hydrogens (primary N) is 1. The first kappa shape index (κ1) is 14.0. The number of ether oxygens (including phenoxy) is 1. The number of furan rings is 1. The third kappa shape index (κ3) is 2.40. The van der Waals surface area contributed by atoms with Crippen molar-refractivity contribution in [1.82, 2.24) is 4.90 Å². The Labute approximate surface area is 131 Å². The Kier molecular flexibility index (Phi) is 3.18. The molecule has 1 atom stereocenters. The number of quaternary nitrogens is 1. The van der Waals surface area contributed by atoms with Gasteiger partial charge in [0, 0.05) is 13.1 Å². The van der Waals surface area contributed by atoms with Gasteiger partial charge in [-0.1, -0.05) is 0 Å². The minimum Gasteiger partial charge on any atom is -0.461 e. The molecule has 0 aromatic carbocycles. The van der Waals surface area contributed by atoms with Crippen LogP contribution in [0.25, 0.3) is 0 Å². The van der Waals surface area contributed by atoms with Crippen molar-refractivity contribution in [1.29, 1.82) is 0 Å². The highest BCUT2D eigenvalue weighted by Gasteiger charge is 2.41. The van der Waals surface area contributed by atoms with E-state index >= 15 is 0 Å². The third-order valence-corrected chi connectivity index (χ3v) is 3.74. The lowest BCUT2D eigenvalue weighted by molar-refractivity contribution is -0.803. The second kappa shape index (κ2) is 5.23. The molecule has 9 heteroatoms. The van der Waals surface area contributed by atoms with Gasteiger partial charge < -0.3 is 14.1 Å². The number of hydrogen-bond donors (Lipinski definition) is 1. The van der Waals surface area contributed by atoms with Crippen LogP contribution in [0, 0.1) is 0 Å². The zero-order chi connectivity index (χ0) is 15.9. The highest BCUT2D eigenvalue weighted by molar-refractivity contribution is 6.31. The van der Waals surface area contributed by atoms with Crippen molar-refractivity contribution in [2.24, 2.45) is 20.9 Å². The summed E-state index contributed by atoms with van der Waals surface area (Å²) in [6.45, 7) is 2.13. The van der Waals surface area contributed by atoms with Gasteiger partial charge >= 0.3 is 0 Å². The maximum atomic E-state index is 12.5. The minimum absolute atomic E-state index is 0.187. The zero-order valence-corrected chi connectivity index (χ0v) is 12.3. The maximum Gasteiger partial charge on any atom is 0.300 e. The van der Waals surface area contributed by atoms with Gasteiger partial charge in [-0.15, -0.1) is 5.84 Å². The van der Waals surface area contributed by atoms with E-state index in [-0.39, 0.29) is 11.6 Å². The van der Waals surface area contributed by atoms with Crippen LogP contribution in [0.1, 0.15) is 5.76 Å². The molecule has 23 heavy (non-hydrogen) atoms. The Morgan fingerprint density at radius 1 is 1.35 bits per heavy atom. The fourth-order valence-electron chi connectivity index (χ4n) is 2.53. The summed E-state index contributed by atoms with van der Waals surface area (Å²) in [6, 6.07) is 3.49. The molecule has 0 saturated carbocycles. The summed E-state index contributed by atoms with van der Waals surface area (Å²) in [6.07, 6.45) is 4.49. The first-order chi connectivity index (χ1) is 11.2. The van der Waals surface area contributed by atoms with Crippen LogP contribution in [0.3, 0.4) is 0 Å². The molecule has 0 radical (unpaired) electrons. The topological polar surface area (TPSA) is 106 Å². The normalized spacial score (nSPS) is 26.5. The van der Waals surface area contributed by atoms with E-state index in [2.05, 4.69) is 15.1 Å². The number of nitrogens with zero attached hydrogens (tertiary/aromatic N) is 5. The highest BCUT2D eigenvalue weighted by atomic mass is 16.5. The van der Waals surface area contributed by atoms with E-state index in [1.54, 1.807) is 17.0 Å². The van der Waals surface area contributed by atoms with Crippen LogP contribution in [-0.4, -0.2) is 59.7 Å². The van der Waals surface area contributed by atoms with Crippen molar-refractivity contribution in [3.05, 3.63) is 36.1 Å². The van der Waals surface area contributed by atoms with Crippen LogP contribution >= 0.6 is 0 Å². The summed E-state index contributed by atoms with van der Waals surface area (Å²) >= 11 is 0. The molecule has 3 aliphatic heterocycles. The van der Waals surface area contributed by atoms with Crippen molar-refractivity contribution in [3.63, 3.8) is 0 Å². The van der Waals surface area contributed by atoms with Crippen LogP contribution in [0.15, 0.2) is 49.8 Å². The predicted molar refractivity (Wildman–Crippen MR) is 81.1 cm³/mol. The van der Waals surface area contributed by atoms with Gasteiger partial charge in [-0.3, -0.25) is 4.79 Å². The van der Waals surface area contributed by atoms with Crippen LogP contribution in [0.2, 0.25) is 0 Å². The van der Waals surface area contributed by atoms with Gasteiger partial charge in [0.05, 0.1) is 19.5 Å². The van der Waals surface area contributed by atoms with Crippen LogP contribution in [0.5, 0.6) is 0 Å². The number of morpholine rings is 1. The molecule has 4 heterocycles. The highest BCUT2D eigenvalue weighted by Crippen LogP contribution is 2.22. The molecule has 4 rings (SSSR count). The Morgan fingerprint density at radius 2 is 2.17 bits per heavy atom. The summed E-state index contributed by atoms with van der Waals surface area (Å²) in [5.41, 5.74) is 0.248. The number of carbonyl (C=O) groups excluding carboxylic acids is 1. The summed E-state index contributed by atoms with van der Waals surface area (Å²) < 4.78 is 10.1. The van der Waals surface area contributed by atoms with Gasteiger partial charge in [0.2, 0.25) is 0 Å². The van der Waals surface area contributed by atoms with Crippen molar-refractivity contribution < 1.29 is 18.6 Å². The molecule has 1 fully saturated rings. The monoisotopic (exact) mass is 315 g/mol. The molecule has 0 spiro atoms. The van der Waals surface area contributed by atoms with Gasteiger partial charge in [-0.2, -0.15) is 4.99 Å². The molecule has 9 nitrogen and oxygen atoms in total. The molecule has 1 unspecified atom stereocenters. The molecule has 1 saturated heterocycles. The number of rotatable bonds is 2. The SMILES string of the molecule is N[N+]12C=C(C(=O)N3CCOCC3)N=CC1=NC(c1ccco1)=N2. The Balaban J connectivity index is 1.62. The van der Waals surface area contributed by atoms with Crippen molar-refractivity contribution in [2.75, 3.05) is 26.3 Å². The first-order valence-corrected chi connectivity index (χ1v) is 7.20. The lowest BCUT2D eigenvalue weighted by Gasteiger charge is -2.27. The van der Waals surface area contributed by atoms with E-state index in [9.17, 15) is 4.79 Å². The number of carbonyl (C=O) groups is 1. The second-order valence-corrected chi connectivity index (χ2v) is 5.29. The average Bonchev–Trinajstić information content (AvgIpc) is 3.21. The fraction of sp³-hybridized carbons (Fsp3) is 0.286. The van der Waals surface area contributed by atoms with Crippen molar-refractivity contribution in [3.8, 4) is 0 Å². The van der Waals surface area contributed by atoms with E-state index in [1.165, 1.54) is 18.7 Å². The molecule has 0 aliphatic carbocycles. The Hall–Kier alpha value is -2.62. The smallest absolute Gasteiger partial charge is 0.300 e. The van der Waals surface area contributed by atoms with E-state index in [4.69, 9.17) is 15.0 Å². The lowest BCUT2D eigenvalue weighted by Crippen LogP contribution is -2.51. The number of amides is 1. The summed E-state index contributed by atoms with van der Waals surface area (Å²) in [4.78, 5) is 22.7. The van der Waals surface area contributed by atoms with E-state index in [0.717, 1.165) is 0 Å². The van der Waals surface area contributed by atoms with Gasteiger partial charge in [-0.05, 0) is 21.9 Å². The van der Waals surface area contributed by atoms with E-state index < -0.39 is 4.70 Å². The largest absolute Gasteiger partial charge is 0.461 e. The van der Waals surface area contributed by atoms with Gasteiger partial charge in [-0.25, -0.2) is 4.99 Å². The molecule has 118 valence electrons. The summed E-state index contributed by atoms with van der Waals surface area (Å²) in [7, 11) is 0. The molecule has 1 amide bonds. The quantitative estimate of drug-likeness (QED) is 0.604.